The number of carbonyl (C=O) groups excluding carboxylic acids is 1. The molecule has 1 N–H and O–H groups in total. The summed E-state index contributed by atoms with van der Waals surface area (Å²) in [7, 11) is 0. The van der Waals surface area contributed by atoms with Gasteiger partial charge in [-0.05, 0) is 87.6 Å². The van der Waals surface area contributed by atoms with E-state index in [0.717, 1.165) is 76.0 Å². The molecule has 0 radical (unpaired) electrons. The second-order valence-electron chi connectivity index (χ2n) is 11.9. The number of pyridine rings is 1. The molecule has 4 rings (SSSR count). The Morgan fingerprint density at radius 2 is 1.89 bits per heavy atom. The van der Waals surface area contributed by atoms with E-state index in [1.807, 2.05) is 12.3 Å². The number of fused-ring (bicyclic) bond motifs is 1. The van der Waals surface area contributed by atoms with Crippen molar-refractivity contribution in [2.24, 2.45) is 11.8 Å². The van der Waals surface area contributed by atoms with E-state index >= 15 is 0 Å². The lowest BCUT2D eigenvalue weighted by molar-refractivity contribution is -0.125. The van der Waals surface area contributed by atoms with E-state index in [4.69, 9.17) is 4.74 Å². The van der Waals surface area contributed by atoms with Gasteiger partial charge in [-0.3, -0.25) is 9.78 Å². The van der Waals surface area contributed by atoms with Crippen LogP contribution < -0.4 is 10.1 Å². The summed E-state index contributed by atoms with van der Waals surface area (Å²) >= 11 is 0. The first-order valence-electron chi connectivity index (χ1n) is 15.7. The number of ether oxygens (including phenoxy) is 1. The molecule has 1 aliphatic carbocycles. The number of carbonyl (C=O) groups is 1. The third-order valence-electron chi connectivity index (χ3n) is 8.73. The number of benzene rings is 1. The van der Waals surface area contributed by atoms with Crippen molar-refractivity contribution in [3.05, 3.63) is 36.0 Å². The van der Waals surface area contributed by atoms with E-state index < -0.39 is 0 Å². The van der Waals surface area contributed by atoms with E-state index in [1.165, 1.54) is 62.3 Å². The van der Waals surface area contributed by atoms with Gasteiger partial charge in [0, 0.05) is 37.1 Å². The number of likely N-dealkylation sites (tertiary alicyclic amines) is 1. The Kier molecular flexibility index (Phi) is 11.7. The fourth-order valence-corrected chi connectivity index (χ4v) is 6.14. The van der Waals surface area contributed by atoms with Crippen LogP contribution in [0.15, 0.2) is 30.5 Å². The lowest BCUT2D eigenvalue weighted by atomic mass is 9.88. The first-order chi connectivity index (χ1) is 18.6. The van der Waals surface area contributed by atoms with Crippen molar-refractivity contribution in [3.8, 4) is 5.75 Å². The van der Waals surface area contributed by atoms with Crippen LogP contribution in [-0.4, -0.2) is 48.1 Å². The molecular weight excluding hydrogens is 470 g/mol. The molecule has 1 amide bonds. The van der Waals surface area contributed by atoms with Crippen molar-refractivity contribution in [3.63, 3.8) is 0 Å². The van der Waals surface area contributed by atoms with Crippen LogP contribution in [0.2, 0.25) is 0 Å². The number of amides is 1. The van der Waals surface area contributed by atoms with Crippen molar-refractivity contribution in [2.75, 3.05) is 26.2 Å². The van der Waals surface area contributed by atoms with Crippen LogP contribution >= 0.6 is 0 Å². The average molecular weight is 522 g/mol. The molecule has 2 heterocycles. The van der Waals surface area contributed by atoms with Gasteiger partial charge < -0.3 is 15.0 Å². The number of unbranched alkanes of at least 4 members (excludes halogenated alkanes) is 3. The Bertz CT molecular complexity index is 979. The van der Waals surface area contributed by atoms with Gasteiger partial charge in [-0.25, -0.2) is 0 Å². The normalized spacial score (nSPS) is 18.5. The van der Waals surface area contributed by atoms with Gasteiger partial charge in [0.05, 0.1) is 0 Å². The summed E-state index contributed by atoms with van der Waals surface area (Å²) in [5.41, 5.74) is 2.37. The lowest BCUT2D eigenvalue weighted by Gasteiger charge is -2.33. The van der Waals surface area contributed by atoms with Crippen LogP contribution in [0.3, 0.4) is 0 Å². The van der Waals surface area contributed by atoms with Gasteiger partial charge >= 0.3 is 0 Å². The first-order valence-corrected chi connectivity index (χ1v) is 15.7. The molecule has 2 fully saturated rings. The van der Waals surface area contributed by atoms with Crippen molar-refractivity contribution in [1.82, 2.24) is 15.2 Å². The predicted molar refractivity (Wildman–Crippen MR) is 158 cm³/mol. The van der Waals surface area contributed by atoms with Crippen LogP contribution in [0.5, 0.6) is 5.75 Å². The Labute approximate surface area is 231 Å². The van der Waals surface area contributed by atoms with Crippen LogP contribution in [0.4, 0.5) is 0 Å². The molecule has 1 aromatic heterocycles. The second kappa shape index (κ2) is 15.5. The maximum atomic E-state index is 12.4. The standard InChI is InChI=1S/C33H51N3O2/c1-3-4-5-7-11-27-24-29-14-10-19-34-32(29)31(25-27)38-30-17-22-36(23-18-30)21-16-26(2)15-20-35-33(37)28-12-8-6-9-13-28/h10,14,19,24-26,28,30H,3-9,11-13,15-18,20-23H2,1-2H3,(H,35,37). The average Bonchev–Trinajstić information content (AvgIpc) is 2.95. The highest BCUT2D eigenvalue weighted by Crippen LogP contribution is 2.30. The molecular formula is C33H51N3O2. The molecule has 1 atom stereocenters. The number of nitrogens with one attached hydrogen (secondary N) is 1. The number of hydrogen-bond donors (Lipinski definition) is 1. The summed E-state index contributed by atoms with van der Waals surface area (Å²) in [5.74, 6) is 2.16. The minimum absolute atomic E-state index is 0.263. The molecule has 1 unspecified atom stereocenters. The van der Waals surface area contributed by atoms with Gasteiger partial charge in [0.1, 0.15) is 17.4 Å². The minimum atomic E-state index is 0.263. The van der Waals surface area contributed by atoms with Gasteiger partial charge in [-0.2, -0.15) is 0 Å². The number of aromatic nitrogens is 1. The molecule has 210 valence electrons. The molecule has 0 bridgehead atoms. The van der Waals surface area contributed by atoms with E-state index in [-0.39, 0.29) is 12.0 Å². The Morgan fingerprint density at radius 1 is 1.08 bits per heavy atom. The molecule has 1 aromatic carbocycles. The zero-order valence-electron chi connectivity index (χ0n) is 24.1. The zero-order chi connectivity index (χ0) is 26.6. The number of rotatable bonds is 14. The molecule has 1 aliphatic heterocycles. The monoisotopic (exact) mass is 521 g/mol. The first kappa shape index (κ1) is 28.9. The predicted octanol–water partition coefficient (Wildman–Crippen LogP) is 7.31. The third-order valence-corrected chi connectivity index (χ3v) is 8.73. The molecule has 5 heteroatoms. The molecule has 1 saturated heterocycles. The van der Waals surface area contributed by atoms with Crippen molar-refractivity contribution >= 4 is 16.8 Å². The van der Waals surface area contributed by atoms with E-state index in [1.54, 1.807) is 0 Å². The highest BCUT2D eigenvalue weighted by molar-refractivity contribution is 5.85. The maximum absolute atomic E-state index is 12.4. The van der Waals surface area contributed by atoms with Crippen LogP contribution in [0.1, 0.15) is 103 Å². The lowest BCUT2D eigenvalue weighted by Crippen LogP contribution is -2.39. The third kappa shape index (κ3) is 8.97. The summed E-state index contributed by atoms with van der Waals surface area (Å²) in [4.78, 5) is 19.6. The highest BCUT2D eigenvalue weighted by Gasteiger charge is 2.23. The molecule has 5 nitrogen and oxygen atoms in total. The van der Waals surface area contributed by atoms with E-state index in [0.29, 0.717) is 11.8 Å². The summed E-state index contributed by atoms with van der Waals surface area (Å²) < 4.78 is 6.61. The minimum Gasteiger partial charge on any atom is -0.488 e. The van der Waals surface area contributed by atoms with Crippen molar-refractivity contribution in [1.29, 1.82) is 0 Å². The summed E-state index contributed by atoms with van der Waals surface area (Å²) in [6.45, 7) is 8.75. The molecule has 2 aromatic rings. The number of nitrogens with zero attached hydrogens (tertiary/aromatic N) is 2. The topological polar surface area (TPSA) is 54.5 Å². The zero-order valence-corrected chi connectivity index (χ0v) is 24.1. The van der Waals surface area contributed by atoms with Crippen LogP contribution in [0, 0.1) is 11.8 Å². The largest absolute Gasteiger partial charge is 0.488 e. The second-order valence-corrected chi connectivity index (χ2v) is 11.9. The smallest absolute Gasteiger partial charge is 0.223 e. The van der Waals surface area contributed by atoms with Gasteiger partial charge in [0.25, 0.3) is 0 Å². The maximum Gasteiger partial charge on any atom is 0.223 e. The Hall–Kier alpha value is -2.14. The van der Waals surface area contributed by atoms with Crippen molar-refractivity contribution < 1.29 is 9.53 Å². The summed E-state index contributed by atoms with van der Waals surface area (Å²) in [6.07, 6.45) is 18.7. The molecule has 38 heavy (non-hydrogen) atoms. The SMILES string of the molecule is CCCCCCc1cc(OC2CCN(CCC(C)CCNC(=O)C3CCCCC3)CC2)c2ncccc2c1. The Morgan fingerprint density at radius 3 is 2.68 bits per heavy atom. The van der Waals surface area contributed by atoms with E-state index in [2.05, 4.69) is 47.2 Å². The number of piperidine rings is 1. The Balaban J connectivity index is 1.17. The summed E-state index contributed by atoms with van der Waals surface area (Å²) in [5, 5.41) is 4.40. The fraction of sp³-hybridized carbons (Fsp3) is 0.697. The van der Waals surface area contributed by atoms with Crippen LogP contribution in [0.25, 0.3) is 10.9 Å². The summed E-state index contributed by atoms with van der Waals surface area (Å²) in [6, 6.07) is 8.74. The molecule has 1 saturated carbocycles. The van der Waals surface area contributed by atoms with Gasteiger partial charge in [0.2, 0.25) is 5.91 Å². The quantitative estimate of drug-likeness (QED) is 0.265. The van der Waals surface area contributed by atoms with Crippen molar-refractivity contribution in [2.45, 2.75) is 110 Å². The number of aryl methyl sites for hydroxylation is 1. The highest BCUT2D eigenvalue weighted by atomic mass is 16.5. The van der Waals surface area contributed by atoms with Gasteiger partial charge in [-0.15, -0.1) is 0 Å². The van der Waals surface area contributed by atoms with Gasteiger partial charge in [-0.1, -0.05) is 58.4 Å². The fourth-order valence-electron chi connectivity index (χ4n) is 6.14. The van der Waals surface area contributed by atoms with E-state index in [9.17, 15) is 4.79 Å². The molecule has 2 aliphatic rings. The molecule has 0 spiro atoms. The number of hydrogen-bond acceptors (Lipinski definition) is 4. The van der Waals surface area contributed by atoms with Gasteiger partial charge in [0.15, 0.2) is 0 Å². The van der Waals surface area contributed by atoms with Crippen LogP contribution in [-0.2, 0) is 11.2 Å².